The van der Waals surface area contributed by atoms with Gasteiger partial charge in [0.25, 0.3) is 0 Å². The van der Waals surface area contributed by atoms with Gasteiger partial charge in [-0.25, -0.2) is 3.63 Å². The van der Waals surface area contributed by atoms with Crippen molar-refractivity contribution in [2.24, 2.45) is 21.9 Å². The van der Waals surface area contributed by atoms with Gasteiger partial charge in [-0.3, -0.25) is 0 Å². The van der Waals surface area contributed by atoms with Crippen molar-refractivity contribution >= 4 is 35.2 Å². The van der Waals surface area contributed by atoms with E-state index in [9.17, 15) is 0 Å². The highest BCUT2D eigenvalue weighted by atomic mass is 32.2. The molecule has 0 aromatic carbocycles. The normalized spacial score (nSPS) is 11.6. The third-order valence-corrected chi connectivity index (χ3v) is 1.33. The highest BCUT2D eigenvalue weighted by molar-refractivity contribution is 8.20. The molecule has 52 valence electrons. The monoisotopic (exact) mass is 166 g/mol. The maximum absolute atomic E-state index is 4.74. The number of nitrogens with zero attached hydrogens (tertiary/aromatic N) is 2. The van der Waals surface area contributed by atoms with E-state index in [1.54, 1.807) is 0 Å². The van der Waals surface area contributed by atoms with Crippen LogP contribution in [0.3, 0.4) is 0 Å². The van der Waals surface area contributed by atoms with Gasteiger partial charge in [-0.15, -0.1) is 0 Å². The lowest BCUT2D eigenvalue weighted by atomic mass is 11.7. The van der Waals surface area contributed by atoms with Gasteiger partial charge in [0.1, 0.15) is 11.1 Å². The summed E-state index contributed by atoms with van der Waals surface area (Å²) in [4.78, 5) is 0. The Hall–Kier alpha value is -0.400. The van der Waals surface area contributed by atoms with Crippen LogP contribution in [0.1, 0.15) is 0 Å². The largest absolute Gasteiger partial charge is 0.323 e. The Morgan fingerprint density at radius 1 is 1.11 bits per heavy atom. The molecule has 0 aliphatic rings. The molecular weight excluding hydrogens is 160 g/mol. The first-order valence-corrected chi connectivity index (χ1v) is 3.45. The number of hydrogen-bond acceptors (Lipinski definition) is 7. The summed E-state index contributed by atoms with van der Waals surface area (Å²) < 4.78 is 4.69. The van der Waals surface area contributed by atoms with Crippen LogP contribution in [0.4, 0.5) is 0 Å². The number of rotatable bonds is 4. The molecule has 5 nitrogen and oxygen atoms in total. The molecule has 0 heterocycles. The van der Waals surface area contributed by atoms with Gasteiger partial charge in [-0.2, -0.15) is 10.2 Å². The standard InChI is InChI=1S/C2H6N4OS2/c3-5-1-8-7-9-2-6-4/h1-2H,3-4H2/b5-1+,6-2+. The Kier molecular flexibility index (Phi) is 7.26. The third kappa shape index (κ3) is 7.60. The van der Waals surface area contributed by atoms with Crippen LogP contribution >= 0.6 is 24.1 Å². The topological polar surface area (TPSA) is 86.0 Å². The molecule has 0 saturated heterocycles. The first kappa shape index (κ1) is 8.60. The molecule has 0 aromatic rings. The molecule has 0 spiro atoms. The molecule has 0 saturated carbocycles. The Balaban J connectivity index is 2.91. The van der Waals surface area contributed by atoms with E-state index in [0.29, 0.717) is 0 Å². The van der Waals surface area contributed by atoms with Gasteiger partial charge in [0, 0.05) is 0 Å². The van der Waals surface area contributed by atoms with Crippen molar-refractivity contribution < 1.29 is 3.63 Å². The fourth-order valence-corrected chi connectivity index (χ4v) is 0.669. The van der Waals surface area contributed by atoms with E-state index in [4.69, 9.17) is 11.7 Å². The molecule has 0 radical (unpaired) electrons. The summed E-state index contributed by atoms with van der Waals surface area (Å²) in [5, 5.41) is 6.31. The zero-order chi connectivity index (χ0) is 6.95. The summed E-state index contributed by atoms with van der Waals surface area (Å²) in [7, 11) is 0. The fourth-order valence-electron chi connectivity index (χ4n) is 0.108. The SMILES string of the molecule is N/N=C/SOS/C=N/N. The minimum absolute atomic E-state index is 0.993. The Morgan fingerprint density at radius 2 is 1.56 bits per heavy atom. The van der Waals surface area contributed by atoms with Gasteiger partial charge in [-0.05, 0) is 0 Å². The minimum atomic E-state index is 0.993. The molecule has 0 amide bonds. The van der Waals surface area contributed by atoms with Gasteiger partial charge in [0.05, 0.1) is 24.1 Å². The zero-order valence-electron chi connectivity index (χ0n) is 4.43. The Morgan fingerprint density at radius 3 is 1.89 bits per heavy atom. The average Bonchev–Trinajstić information content (AvgIpc) is 1.89. The van der Waals surface area contributed by atoms with Crippen molar-refractivity contribution in [3.8, 4) is 0 Å². The van der Waals surface area contributed by atoms with Crippen LogP contribution in [-0.4, -0.2) is 11.1 Å². The zero-order valence-corrected chi connectivity index (χ0v) is 6.06. The van der Waals surface area contributed by atoms with Crippen molar-refractivity contribution in [3.05, 3.63) is 0 Å². The van der Waals surface area contributed by atoms with E-state index in [-0.39, 0.29) is 0 Å². The van der Waals surface area contributed by atoms with Gasteiger partial charge in [0.2, 0.25) is 0 Å². The lowest BCUT2D eigenvalue weighted by molar-refractivity contribution is 0.779. The highest BCUT2D eigenvalue weighted by Crippen LogP contribution is 2.08. The maximum atomic E-state index is 4.74. The third-order valence-electron chi connectivity index (χ3n) is 0.286. The van der Waals surface area contributed by atoms with Crippen LogP contribution in [0.15, 0.2) is 10.2 Å². The van der Waals surface area contributed by atoms with Crippen molar-refractivity contribution in [3.63, 3.8) is 0 Å². The van der Waals surface area contributed by atoms with Crippen molar-refractivity contribution in [2.75, 3.05) is 0 Å². The van der Waals surface area contributed by atoms with E-state index in [2.05, 4.69) is 13.8 Å². The molecule has 0 unspecified atom stereocenters. The second-order valence-corrected chi connectivity index (χ2v) is 2.12. The lowest BCUT2D eigenvalue weighted by Crippen LogP contribution is -1.79. The summed E-state index contributed by atoms with van der Waals surface area (Å²) in [6.45, 7) is 0. The molecule has 0 fully saturated rings. The van der Waals surface area contributed by atoms with Crippen LogP contribution in [0, 0.1) is 0 Å². The van der Waals surface area contributed by atoms with Crippen LogP contribution < -0.4 is 11.7 Å². The molecule has 0 aliphatic heterocycles. The summed E-state index contributed by atoms with van der Waals surface area (Å²) in [6, 6.07) is 0. The summed E-state index contributed by atoms with van der Waals surface area (Å²) >= 11 is 1.99. The molecule has 4 N–H and O–H groups in total. The molecule has 9 heavy (non-hydrogen) atoms. The summed E-state index contributed by atoms with van der Waals surface area (Å²) in [5.74, 6) is 9.49. The van der Waals surface area contributed by atoms with Gasteiger partial charge in [-0.1, -0.05) is 0 Å². The lowest BCUT2D eigenvalue weighted by Gasteiger charge is -1.85. The summed E-state index contributed by atoms with van der Waals surface area (Å²) in [5.41, 5.74) is 2.69. The Labute approximate surface area is 61.3 Å². The van der Waals surface area contributed by atoms with Gasteiger partial charge < -0.3 is 11.7 Å². The predicted molar refractivity (Wildman–Crippen MR) is 41.6 cm³/mol. The molecular formula is C2H6N4OS2. The van der Waals surface area contributed by atoms with E-state index in [0.717, 1.165) is 24.1 Å². The molecule has 0 aromatic heterocycles. The minimum Gasteiger partial charge on any atom is -0.323 e. The van der Waals surface area contributed by atoms with Crippen LogP contribution in [-0.2, 0) is 3.63 Å². The first-order chi connectivity index (χ1) is 4.41. The molecule has 0 atom stereocenters. The van der Waals surface area contributed by atoms with E-state index >= 15 is 0 Å². The van der Waals surface area contributed by atoms with Gasteiger partial charge in [0.15, 0.2) is 0 Å². The van der Waals surface area contributed by atoms with Crippen LogP contribution in [0.5, 0.6) is 0 Å². The average molecular weight is 166 g/mol. The predicted octanol–water partition coefficient (Wildman–Crippen LogP) is 0.103. The number of nitrogens with two attached hydrogens (primary N) is 2. The quantitative estimate of drug-likeness (QED) is 0.154. The van der Waals surface area contributed by atoms with E-state index in [1.165, 1.54) is 11.1 Å². The first-order valence-electron chi connectivity index (χ1n) is 1.84. The van der Waals surface area contributed by atoms with E-state index < -0.39 is 0 Å². The molecule has 0 aliphatic carbocycles. The summed E-state index contributed by atoms with van der Waals surface area (Å²) in [6.07, 6.45) is 0. The smallest absolute Gasteiger partial charge is 0.108 e. The number of hydrogen-bond donors (Lipinski definition) is 2. The highest BCUT2D eigenvalue weighted by Gasteiger charge is 1.79. The molecule has 0 bridgehead atoms. The second kappa shape index (κ2) is 7.60. The van der Waals surface area contributed by atoms with Gasteiger partial charge >= 0.3 is 0 Å². The molecule has 7 heteroatoms. The van der Waals surface area contributed by atoms with Crippen molar-refractivity contribution in [1.82, 2.24) is 0 Å². The fraction of sp³-hybridized carbons (Fsp3) is 0. The molecule has 0 rings (SSSR count). The van der Waals surface area contributed by atoms with Crippen LogP contribution in [0.25, 0.3) is 0 Å². The number of hydrazone groups is 2. The van der Waals surface area contributed by atoms with Crippen molar-refractivity contribution in [2.45, 2.75) is 0 Å². The second-order valence-electron chi connectivity index (χ2n) is 0.769. The Bertz CT molecular complexity index is 92.7. The van der Waals surface area contributed by atoms with E-state index in [1.807, 2.05) is 0 Å². The maximum Gasteiger partial charge on any atom is 0.108 e. The van der Waals surface area contributed by atoms with Crippen molar-refractivity contribution in [1.29, 1.82) is 0 Å². The van der Waals surface area contributed by atoms with Crippen LogP contribution in [0.2, 0.25) is 0 Å².